The lowest BCUT2D eigenvalue weighted by Crippen LogP contribution is -2.48. The Hall–Kier alpha value is -2.97. The van der Waals surface area contributed by atoms with E-state index in [0.29, 0.717) is 30.0 Å². The van der Waals surface area contributed by atoms with Crippen LogP contribution in [0, 0.1) is 0 Å². The van der Waals surface area contributed by atoms with Crippen LogP contribution in [-0.4, -0.2) is 51.8 Å². The number of rotatable bonds is 4. The number of halogens is 1. The Morgan fingerprint density at radius 3 is 2.32 bits per heavy atom. The molecule has 4 rings (SSSR count). The molecule has 31 heavy (non-hydrogen) atoms. The van der Waals surface area contributed by atoms with Crippen molar-refractivity contribution < 1.29 is 14.3 Å². The van der Waals surface area contributed by atoms with Gasteiger partial charge in [-0.1, -0.05) is 34.1 Å². The highest BCUT2D eigenvalue weighted by Gasteiger charge is 2.30. The van der Waals surface area contributed by atoms with Crippen LogP contribution < -0.4 is 5.32 Å². The molecule has 7 nitrogen and oxygen atoms in total. The molecule has 1 aliphatic rings. The molecule has 1 aromatic heterocycles. The van der Waals surface area contributed by atoms with Gasteiger partial charge >= 0.3 is 0 Å². The molecule has 1 aliphatic heterocycles. The van der Waals surface area contributed by atoms with E-state index in [1.165, 1.54) is 6.20 Å². The highest BCUT2D eigenvalue weighted by Crippen LogP contribution is 2.24. The number of carbonyl (C=O) groups excluding carboxylic acids is 2. The van der Waals surface area contributed by atoms with Gasteiger partial charge in [-0.15, -0.1) is 0 Å². The summed E-state index contributed by atoms with van der Waals surface area (Å²) in [6.07, 6.45) is 1.40. The number of morpholine rings is 1. The average molecular weight is 483 g/mol. The van der Waals surface area contributed by atoms with E-state index in [-0.39, 0.29) is 24.0 Å². The lowest BCUT2D eigenvalue weighted by molar-refractivity contribution is -0.0585. The highest BCUT2D eigenvalue weighted by molar-refractivity contribution is 9.10. The number of hydrogen-bond donors (Lipinski definition) is 1. The first-order chi connectivity index (χ1) is 14.9. The van der Waals surface area contributed by atoms with Crippen molar-refractivity contribution in [3.05, 3.63) is 76.4 Å². The molecular weight excluding hydrogens is 460 g/mol. The van der Waals surface area contributed by atoms with Gasteiger partial charge in [0.1, 0.15) is 11.4 Å². The summed E-state index contributed by atoms with van der Waals surface area (Å²) in [4.78, 5) is 28.1. The van der Waals surface area contributed by atoms with E-state index in [1.807, 2.05) is 44.2 Å². The summed E-state index contributed by atoms with van der Waals surface area (Å²) in [5.74, 6) is -0.158. The van der Waals surface area contributed by atoms with E-state index in [9.17, 15) is 9.59 Å². The fourth-order valence-electron chi connectivity index (χ4n) is 3.69. The van der Waals surface area contributed by atoms with E-state index in [2.05, 4.69) is 26.3 Å². The molecule has 0 unspecified atom stereocenters. The van der Waals surface area contributed by atoms with Crippen LogP contribution in [0.1, 0.15) is 34.6 Å². The van der Waals surface area contributed by atoms with Gasteiger partial charge < -0.3 is 15.0 Å². The molecule has 2 aromatic carbocycles. The second kappa shape index (κ2) is 9.03. The third-order valence-electron chi connectivity index (χ3n) is 5.05. The van der Waals surface area contributed by atoms with Crippen LogP contribution in [0.3, 0.4) is 0 Å². The predicted molar refractivity (Wildman–Crippen MR) is 122 cm³/mol. The molecule has 2 atom stereocenters. The second-order valence-corrected chi connectivity index (χ2v) is 8.50. The zero-order chi connectivity index (χ0) is 22.0. The van der Waals surface area contributed by atoms with E-state index < -0.39 is 0 Å². The standard InChI is InChI=1S/C23H23BrN4O3/c1-15-13-27(14-16(2)31-15)23(30)20-12-25-28(19-6-4-3-5-7-19)21(20)26-22(29)17-8-10-18(24)11-9-17/h3-12,15-16H,13-14H2,1-2H3,(H,26,29)/t15-,16-/m1/s1. The van der Waals surface area contributed by atoms with Crippen molar-refractivity contribution >= 4 is 33.6 Å². The fraction of sp³-hybridized carbons (Fsp3) is 0.261. The lowest BCUT2D eigenvalue weighted by atomic mass is 10.1. The minimum atomic E-state index is -0.317. The maximum Gasteiger partial charge on any atom is 0.259 e. The van der Waals surface area contributed by atoms with E-state index in [4.69, 9.17) is 4.74 Å². The largest absolute Gasteiger partial charge is 0.372 e. The van der Waals surface area contributed by atoms with Gasteiger partial charge in [0.2, 0.25) is 0 Å². The Balaban J connectivity index is 1.70. The van der Waals surface area contributed by atoms with Crippen molar-refractivity contribution in [2.75, 3.05) is 18.4 Å². The minimum absolute atomic E-state index is 0.0577. The molecule has 3 aromatic rings. The van der Waals surface area contributed by atoms with Gasteiger partial charge in [-0.2, -0.15) is 5.10 Å². The summed E-state index contributed by atoms with van der Waals surface area (Å²) in [7, 11) is 0. The van der Waals surface area contributed by atoms with Crippen LogP contribution in [-0.2, 0) is 4.74 Å². The van der Waals surface area contributed by atoms with Crippen molar-refractivity contribution in [2.45, 2.75) is 26.1 Å². The number of benzene rings is 2. The summed E-state index contributed by atoms with van der Waals surface area (Å²) in [5.41, 5.74) is 1.57. The van der Waals surface area contributed by atoms with Crippen molar-refractivity contribution in [3.8, 4) is 5.69 Å². The van der Waals surface area contributed by atoms with Gasteiger partial charge in [-0.05, 0) is 50.2 Å². The summed E-state index contributed by atoms with van der Waals surface area (Å²) < 4.78 is 8.21. The van der Waals surface area contributed by atoms with Gasteiger partial charge in [-0.25, -0.2) is 4.68 Å². The zero-order valence-electron chi connectivity index (χ0n) is 17.3. The summed E-state index contributed by atoms with van der Waals surface area (Å²) >= 11 is 3.38. The topological polar surface area (TPSA) is 76.5 Å². The molecule has 0 aliphatic carbocycles. The van der Waals surface area contributed by atoms with Crippen molar-refractivity contribution in [2.24, 2.45) is 0 Å². The Kier molecular flexibility index (Phi) is 6.20. The van der Waals surface area contributed by atoms with E-state index >= 15 is 0 Å². The van der Waals surface area contributed by atoms with Gasteiger partial charge in [0.15, 0.2) is 0 Å². The Bertz CT molecular complexity index is 1070. The smallest absolute Gasteiger partial charge is 0.259 e. The van der Waals surface area contributed by atoms with Crippen LogP contribution in [0.25, 0.3) is 5.69 Å². The van der Waals surface area contributed by atoms with Crippen LogP contribution in [0.5, 0.6) is 0 Å². The SMILES string of the molecule is C[C@@H]1CN(C(=O)c2cnn(-c3ccccc3)c2NC(=O)c2ccc(Br)cc2)C[C@@H](C)O1. The number of nitrogens with zero attached hydrogens (tertiary/aromatic N) is 3. The number of anilines is 1. The number of ether oxygens (including phenoxy) is 1. The van der Waals surface area contributed by atoms with Crippen molar-refractivity contribution in [1.82, 2.24) is 14.7 Å². The van der Waals surface area contributed by atoms with E-state index in [0.717, 1.165) is 10.2 Å². The van der Waals surface area contributed by atoms with Gasteiger partial charge in [0.25, 0.3) is 11.8 Å². The van der Waals surface area contributed by atoms with Crippen molar-refractivity contribution in [1.29, 1.82) is 0 Å². The Labute approximate surface area is 189 Å². The summed E-state index contributed by atoms with van der Waals surface area (Å²) in [6, 6.07) is 16.4. The third-order valence-corrected chi connectivity index (χ3v) is 5.57. The van der Waals surface area contributed by atoms with Crippen LogP contribution in [0.4, 0.5) is 5.82 Å². The van der Waals surface area contributed by atoms with Crippen molar-refractivity contribution in [3.63, 3.8) is 0 Å². The number of nitrogens with one attached hydrogen (secondary N) is 1. The maximum atomic E-state index is 13.4. The minimum Gasteiger partial charge on any atom is -0.372 e. The molecule has 1 N–H and O–H groups in total. The number of hydrogen-bond acceptors (Lipinski definition) is 4. The molecule has 0 bridgehead atoms. The van der Waals surface area contributed by atoms with Gasteiger partial charge in [0.05, 0.1) is 24.1 Å². The zero-order valence-corrected chi connectivity index (χ0v) is 18.9. The number of amides is 2. The summed E-state index contributed by atoms with van der Waals surface area (Å²) in [5, 5.41) is 7.32. The lowest BCUT2D eigenvalue weighted by Gasteiger charge is -2.35. The molecule has 0 saturated carbocycles. The second-order valence-electron chi connectivity index (χ2n) is 7.58. The van der Waals surface area contributed by atoms with Gasteiger partial charge in [-0.3, -0.25) is 9.59 Å². The summed E-state index contributed by atoms with van der Waals surface area (Å²) in [6.45, 7) is 4.86. The predicted octanol–water partition coefficient (Wildman–Crippen LogP) is 4.14. The fourth-order valence-corrected chi connectivity index (χ4v) is 3.95. The Morgan fingerprint density at radius 1 is 1.03 bits per heavy atom. The number of carbonyl (C=O) groups is 2. The monoisotopic (exact) mass is 482 g/mol. The Morgan fingerprint density at radius 2 is 1.68 bits per heavy atom. The number of para-hydroxylation sites is 1. The molecule has 1 fully saturated rings. The highest BCUT2D eigenvalue weighted by atomic mass is 79.9. The first-order valence-electron chi connectivity index (χ1n) is 10.1. The maximum absolute atomic E-state index is 13.4. The van der Waals surface area contributed by atoms with Gasteiger partial charge in [0, 0.05) is 23.1 Å². The van der Waals surface area contributed by atoms with Crippen LogP contribution in [0.15, 0.2) is 65.3 Å². The van der Waals surface area contributed by atoms with Crippen LogP contribution >= 0.6 is 15.9 Å². The molecule has 160 valence electrons. The van der Waals surface area contributed by atoms with Crippen LogP contribution in [0.2, 0.25) is 0 Å². The molecule has 0 spiro atoms. The molecule has 8 heteroatoms. The third kappa shape index (κ3) is 4.70. The first-order valence-corrected chi connectivity index (χ1v) is 10.9. The molecule has 2 heterocycles. The molecule has 0 radical (unpaired) electrons. The normalized spacial score (nSPS) is 18.6. The first kappa shape index (κ1) is 21.3. The number of aromatic nitrogens is 2. The molecule has 1 saturated heterocycles. The molecule has 2 amide bonds. The quantitative estimate of drug-likeness (QED) is 0.606. The average Bonchev–Trinajstić information content (AvgIpc) is 3.17. The van der Waals surface area contributed by atoms with E-state index in [1.54, 1.807) is 33.8 Å². The molecular formula is C23H23BrN4O3.